The number of ether oxygens (including phenoxy) is 1. The van der Waals surface area contributed by atoms with Gasteiger partial charge < -0.3 is 9.84 Å². The van der Waals surface area contributed by atoms with Crippen molar-refractivity contribution in [2.75, 3.05) is 0 Å². The molecule has 1 heterocycles. The fourth-order valence-electron chi connectivity index (χ4n) is 2.54. The highest BCUT2D eigenvalue weighted by Crippen LogP contribution is 2.43. The van der Waals surface area contributed by atoms with E-state index in [0.717, 1.165) is 41.7 Å². The summed E-state index contributed by atoms with van der Waals surface area (Å²) in [6.07, 6.45) is 3.05. The zero-order valence-corrected chi connectivity index (χ0v) is 11.5. The van der Waals surface area contributed by atoms with Crippen LogP contribution in [0, 0.1) is 20.8 Å². The molecular formula is C15H22O2. The van der Waals surface area contributed by atoms with E-state index in [0.29, 0.717) is 5.75 Å². The van der Waals surface area contributed by atoms with Crippen molar-refractivity contribution < 1.29 is 9.84 Å². The minimum atomic E-state index is -0.0480. The van der Waals surface area contributed by atoms with Crippen molar-refractivity contribution >= 4 is 0 Å². The minimum absolute atomic E-state index is 0.0480. The number of fused-ring (bicyclic) bond motifs is 1. The van der Waals surface area contributed by atoms with Crippen molar-refractivity contribution in [1.29, 1.82) is 0 Å². The van der Waals surface area contributed by atoms with Crippen molar-refractivity contribution in [2.24, 2.45) is 0 Å². The van der Waals surface area contributed by atoms with Crippen molar-refractivity contribution in [1.82, 2.24) is 0 Å². The molecule has 1 atom stereocenters. The molecule has 94 valence electrons. The zero-order chi connectivity index (χ0) is 12.8. The Kier molecular flexibility index (Phi) is 2.84. The van der Waals surface area contributed by atoms with Crippen molar-refractivity contribution in [3.05, 3.63) is 22.3 Å². The van der Waals surface area contributed by atoms with Crippen molar-refractivity contribution in [3.63, 3.8) is 0 Å². The van der Waals surface area contributed by atoms with Crippen LogP contribution in [0.5, 0.6) is 11.5 Å². The summed E-state index contributed by atoms with van der Waals surface area (Å²) in [4.78, 5) is 0. The highest BCUT2D eigenvalue weighted by atomic mass is 16.5. The minimum Gasteiger partial charge on any atom is -0.507 e. The predicted octanol–water partition coefficient (Wildman–Crippen LogP) is 3.81. The topological polar surface area (TPSA) is 29.5 Å². The molecule has 2 nitrogen and oxygen atoms in total. The Morgan fingerprint density at radius 1 is 1.18 bits per heavy atom. The molecule has 1 N–H and O–H groups in total. The van der Waals surface area contributed by atoms with E-state index in [1.54, 1.807) is 0 Å². The number of phenols is 1. The molecule has 0 bridgehead atoms. The van der Waals surface area contributed by atoms with E-state index in [1.807, 2.05) is 20.8 Å². The third-order valence-corrected chi connectivity index (χ3v) is 4.34. The molecule has 2 rings (SSSR count). The second kappa shape index (κ2) is 3.94. The summed E-state index contributed by atoms with van der Waals surface area (Å²) in [7, 11) is 0. The Labute approximate surface area is 104 Å². The molecule has 0 aromatic heterocycles. The number of hydrogen-bond acceptors (Lipinski definition) is 2. The molecule has 0 amide bonds. The maximum Gasteiger partial charge on any atom is 0.127 e. The van der Waals surface area contributed by atoms with Gasteiger partial charge in [0.2, 0.25) is 0 Å². The first-order valence-corrected chi connectivity index (χ1v) is 6.40. The van der Waals surface area contributed by atoms with Gasteiger partial charge in [-0.3, -0.25) is 0 Å². The van der Waals surface area contributed by atoms with E-state index >= 15 is 0 Å². The standard InChI is InChI=1S/C15H22O2/c1-6-15(5)8-7-12-11(4)13(16)9(2)10(3)14(12)17-15/h16H,6-8H2,1-5H3. The third kappa shape index (κ3) is 1.80. The molecule has 0 aliphatic carbocycles. The van der Waals surface area contributed by atoms with E-state index in [1.165, 1.54) is 5.56 Å². The molecule has 1 unspecified atom stereocenters. The lowest BCUT2D eigenvalue weighted by molar-refractivity contribution is 0.0598. The van der Waals surface area contributed by atoms with Crippen LogP contribution in [0.4, 0.5) is 0 Å². The molecule has 0 saturated heterocycles. The van der Waals surface area contributed by atoms with E-state index in [4.69, 9.17) is 4.74 Å². The average Bonchev–Trinajstić information content (AvgIpc) is 2.33. The molecule has 1 aliphatic rings. The number of phenolic OH excluding ortho intramolecular Hbond substituents is 1. The number of aromatic hydroxyl groups is 1. The number of benzene rings is 1. The fraction of sp³-hybridized carbons (Fsp3) is 0.600. The first kappa shape index (κ1) is 12.3. The van der Waals surface area contributed by atoms with Crippen LogP contribution in [-0.2, 0) is 6.42 Å². The Morgan fingerprint density at radius 3 is 2.41 bits per heavy atom. The molecular weight excluding hydrogens is 212 g/mol. The third-order valence-electron chi connectivity index (χ3n) is 4.34. The quantitative estimate of drug-likeness (QED) is 0.800. The molecule has 17 heavy (non-hydrogen) atoms. The summed E-state index contributed by atoms with van der Waals surface area (Å²) in [6.45, 7) is 10.3. The van der Waals surface area contributed by atoms with Gasteiger partial charge in [-0.25, -0.2) is 0 Å². The summed E-state index contributed by atoms with van der Waals surface area (Å²) < 4.78 is 6.20. The van der Waals surface area contributed by atoms with Gasteiger partial charge in [-0.05, 0) is 63.6 Å². The average molecular weight is 234 g/mol. The summed E-state index contributed by atoms with van der Waals surface area (Å²) in [5.74, 6) is 1.44. The normalized spacial score (nSPS) is 23.1. The van der Waals surface area contributed by atoms with Gasteiger partial charge in [0.15, 0.2) is 0 Å². The van der Waals surface area contributed by atoms with Crippen LogP contribution in [0.25, 0.3) is 0 Å². The van der Waals surface area contributed by atoms with E-state index in [2.05, 4.69) is 13.8 Å². The first-order chi connectivity index (χ1) is 7.89. The Hall–Kier alpha value is -1.18. The molecule has 0 fully saturated rings. The summed E-state index contributed by atoms with van der Waals surface area (Å²) >= 11 is 0. The van der Waals surface area contributed by atoms with Gasteiger partial charge in [-0.1, -0.05) is 6.92 Å². The Morgan fingerprint density at radius 2 is 1.82 bits per heavy atom. The van der Waals surface area contributed by atoms with Gasteiger partial charge >= 0.3 is 0 Å². The van der Waals surface area contributed by atoms with Crippen LogP contribution in [0.2, 0.25) is 0 Å². The van der Waals surface area contributed by atoms with Gasteiger partial charge in [-0.15, -0.1) is 0 Å². The van der Waals surface area contributed by atoms with Crippen LogP contribution in [0.15, 0.2) is 0 Å². The molecule has 1 aromatic carbocycles. The zero-order valence-electron chi connectivity index (χ0n) is 11.5. The van der Waals surface area contributed by atoms with Gasteiger partial charge in [0.25, 0.3) is 0 Å². The lowest BCUT2D eigenvalue weighted by atomic mass is 9.86. The van der Waals surface area contributed by atoms with E-state index in [-0.39, 0.29) is 5.60 Å². The first-order valence-electron chi connectivity index (χ1n) is 6.40. The smallest absolute Gasteiger partial charge is 0.127 e. The van der Waals surface area contributed by atoms with Gasteiger partial charge in [0.1, 0.15) is 17.1 Å². The van der Waals surface area contributed by atoms with Crippen LogP contribution < -0.4 is 4.74 Å². The lowest BCUT2D eigenvalue weighted by Crippen LogP contribution is -2.36. The van der Waals surface area contributed by atoms with Gasteiger partial charge in [-0.2, -0.15) is 0 Å². The second-order valence-electron chi connectivity index (χ2n) is 5.44. The predicted molar refractivity (Wildman–Crippen MR) is 70.0 cm³/mol. The highest BCUT2D eigenvalue weighted by Gasteiger charge is 2.32. The molecule has 2 heteroatoms. The lowest BCUT2D eigenvalue weighted by Gasteiger charge is -2.37. The SMILES string of the molecule is CCC1(C)CCc2c(C)c(O)c(C)c(C)c2O1. The molecule has 0 saturated carbocycles. The van der Waals surface area contributed by atoms with Crippen LogP contribution in [-0.4, -0.2) is 10.7 Å². The Balaban J connectivity index is 2.59. The molecule has 0 radical (unpaired) electrons. The summed E-state index contributed by atoms with van der Waals surface area (Å²) in [5.41, 5.74) is 4.16. The Bertz CT molecular complexity index is 463. The largest absolute Gasteiger partial charge is 0.507 e. The van der Waals surface area contributed by atoms with Crippen LogP contribution in [0.1, 0.15) is 48.9 Å². The summed E-state index contributed by atoms with van der Waals surface area (Å²) in [5, 5.41) is 10.1. The maximum atomic E-state index is 10.1. The van der Waals surface area contributed by atoms with Crippen molar-refractivity contribution in [2.45, 2.75) is 59.5 Å². The molecule has 1 aliphatic heterocycles. The monoisotopic (exact) mass is 234 g/mol. The van der Waals surface area contributed by atoms with Gasteiger partial charge in [0, 0.05) is 5.56 Å². The molecule has 0 spiro atoms. The number of rotatable bonds is 1. The van der Waals surface area contributed by atoms with Gasteiger partial charge in [0.05, 0.1) is 0 Å². The highest BCUT2D eigenvalue weighted by molar-refractivity contribution is 5.58. The second-order valence-corrected chi connectivity index (χ2v) is 5.44. The fourth-order valence-corrected chi connectivity index (χ4v) is 2.54. The summed E-state index contributed by atoms with van der Waals surface area (Å²) in [6, 6.07) is 0. The maximum absolute atomic E-state index is 10.1. The molecule has 1 aromatic rings. The van der Waals surface area contributed by atoms with Crippen LogP contribution >= 0.6 is 0 Å². The van der Waals surface area contributed by atoms with E-state index < -0.39 is 0 Å². The van der Waals surface area contributed by atoms with E-state index in [9.17, 15) is 5.11 Å². The number of hydrogen-bond donors (Lipinski definition) is 1. The van der Waals surface area contributed by atoms with Crippen molar-refractivity contribution in [3.8, 4) is 11.5 Å². The van der Waals surface area contributed by atoms with Crippen LogP contribution in [0.3, 0.4) is 0 Å².